The van der Waals surface area contributed by atoms with Crippen LogP contribution >= 0.6 is 0 Å². The lowest BCUT2D eigenvalue weighted by molar-refractivity contribution is 0.134. The number of hydrogen-bond donors (Lipinski definition) is 1. The van der Waals surface area contributed by atoms with Crippen molar-refractivity contribution in [3.63, 3.8) is 0 Å². The number of nitrogens with zero attached hydrogens (tertiary/aromatic N) is 1. The maximum Gasteiger partial charge on any atom is 0.0707 e. The van der Waals surface area contributed by atoms with E-state index in [4.69, 9.17) is 0 Å². The van der Waals surface area contributed by atoms with Gasteiger partial charge in [-0.2, -0.15) is 0 Å². The van der Waals surface area contributed by atoms with Gasteiger partial charge >= 0.3 is 0 Å². The Hall–Kier alpha value is -0.0800. The van der Waals surface area contributed by atoms with Gasteiger partial charge in [0.15, 0.2) is 0 Å². The van der Waals surface area contributed by atoms with Crippen LogP contribution in [-0.4, -0.2) is 35.2 Å². The van der Waals surface area contributed by atoms with E-state index in [9.17, 15) is 5.11 Å². The van der Waals surface area contributed by atoms with Crippen LogP contribution in [0.15, 0.2) is 0 Å². The van der Waals surface area contributed by atoms with Crippen LogP contribution in [0, 0.1) is 11.8 Å². The van der Waals surface area contributed by atoms with Crippen LogP contribution in [0.2, 0.25) is 0 Å². The third-order valence-corrected chi connectivity index (χ3v) is 3.84. The van der Waals surface area contributed by atoms with Gasteiger partial charge in [0.05, 0.1) is 6.10 Å². The molecule has 2 fully saturated rings. The summed E-state index contributed by atoms with van der Waals surface area (Å²) in [6.45, 7) is 6.53. The van der Waals surface area contributed by atoms with Crippen LogP contribution in [0.4, 0.5) is 0 Å². The minimum absolute atomic E-state index is 0.0637. The van der Waals surface area contributed by atoms with Crippen molar-refractivity contribution in [3.05, 3.63) is 0 Å². The van der Waals surface area contributed by atoms with Gasteiger partial charge in [-0.1, -0.05) is 6.92 Å². The first kappa shape index (κ1) is 9.47. The standard InChI is InChI=1S/C11H21NO/c1-3-9-6-12(7-11(9)13)8(2)10-4-5-10/h8-11,13H,3-7H2,1-2H3. The Morgan fingerprint density at radius 2 is 2.08 bits per heavy atom. The van der Waals surface area contributed by atoms with Crippen molar-refractivity contribution in [1.82, 2.24) is 4.90 Å². The summed E-state index contributed by atoms with van der Waals surface area (Å²) in [7, 11) is 0. The molecular weight excluding hydrogens is 162 g/mol. The molecule has 2 heteroatoms. The summed E-state index contributed by atoms with van der Waals surface area (Å²) < 4.78 is 0. The van der Waals surface area contributed by atoms with Crippen LogP contribution in [0.25, 0.3) is 0 Å². The van der Waals surface area contributed by atoms with E-state index < -0.39 is 0 Å². The van der Waals surface area contributed by atoms with E-state index >= 15 is 0 Å². The smallest absolute Gasteiger partial charge is 0.0707 e. The van der Waals surface area contributed by atoms with Gasteiger partial charge < -0.3 is 5.11 Å². The molecule has 1 saturated heterocycles. The largest absolute Gasteiger partial charge is 0.391 e. The second-order valence-corrected chi connectivity index (χ2v) is 4.77. The van der Waals surface area contributed by atoms with Gasteiger partial charge in [0.2, 0.25) is 0 Å². The molecule has 2 nitrogen and oxygen atoms in total. The summed E-state index contributed by atoms with van der Waals surface area (Å²) in [6, 6.07) is 0.714. The molecule has 1 aliphatic carbocycles. The zero-order valence-electron chi connectivity index (χ0n) is 8.74. The number of aliphatic hydroxyl groups is 1. The van der Waals surface area contributed by atoms with Crippen LogP contribution in [-0.2, 0) is 0 Å². The van der Waals surface area contributed by atoms with Crippen molar-refractivity contribution in [2.75, 3.05) is 13.1 Å². The van der Waals surface area contributed by atoms with E-state index in [0.29, 0.717) is 12.0 Å². The Morgan fingerprint density at radius 3 is 2.54 bits per heavy atom. The highest BCUT2D eigenvalue weighted by molar-refractivity contribution is 4.91. The summed E-state index contributed by atoms with van der Waals surface area (Å²) in [5.74, 6) is 1.46. The van der Waals surface area contributed by atoms with Crippen molar-refractivity contribution in [3.8, 4) is 0 Å². The van der Waals surface area contributed by atoms with Crippen molar-refractivity contribution >= 4 is 0 Å². The fourth-order valence-corrected chi connectivity index (χ4v) is 2.50. The lowest BCUT2D eigenvalue weighted by atomic mass is 10.0. The molecule has 1 aliphatic heterocycles. The molecule has 2 rings (SSSR count). The molecule has 1 N–H and O–H groups in total. The molecule has 0 spiro atoms. The van der Waals surface area contributed by atoms with E-state index in [2.05, 4.69) is 18.7 Å². The Bertz CT molecular complexity index is 179. The van der Waals surface area contributed by atoms with Crippen LogP contribution in [0.5, 0.6) is 0 Å². The van der Waals surface area contributed by atoms with E-state index in [-0.39, 0.29) is 6.10 Å². The summed E-state index contributed by atoms with van der Waals surface area (Å²) in [5, 5.41) is 9.77. The van der Waals surface area contributed by atoms with Crippen LogP contribution in [0.1, 0.15) is 33.1 Å². The average molecular weight is 183 g/mol. The monoisotopic (exact) mass is 183 g/mol. The summed E-state index contributed by atoms with van der Waals surface area (Å²) >= 11 is 0. The van der Waals surface area contributed by atoms with E-state index in [1.807, 2.05) is 0 Å². The first-order valence-electron chi connectivity index (χ1n) is 5.64. The Kier molecular flexibility index (Phi) is 2.61. The maximum absolute atomic E-state index is 9.77. The zero-order chi connectivity index (χ0) is 9.42. The molecule has 3 atom stereocenters. The fraction of sp³-hybridized carbons (Fsp3) is 1.00. The van der Waals surface area contributed by atoms with Crippen LogP contribution < -0.4 is 0 Å². The molecule has 2 aliphatic rings. The predicted octanol–water partition coefficient (Wildman–Crippen LogP) is 1.49. The highest BCUT2D eigenvalue weighted by Crippen LogP contribution is 2.37. The van der Waals surface area contributed by atoms with Gasteiger partial charge in [0.25, 0.3) is 0 Å². The normalized spacial score (nSPS) is 38.1. The second-order valence-electron chi connectivity index (χ2n) is 4.77. The number of β-amino-alcohol motifs (C(OH)–C–C–N with tert-alkyl or cyclic N) is 1. The van der Waals surface area contributed by atoms with Gasteiger partial charge in [-0.05, 0) is 38.0 Å². The van der Waals surface area contributed by atoms with E-state index in [0.717, 1.165) is 25.4 Å². The summed E-state index contributed by atoms with van der Waals surface area (Å²) in [4.78, 5) is 2.48. The molecule has 0 aromatic rings. The Morgan fingerprint density at radius 1 is 1.38 bits per heavy atom. The molecule has 0 amide bonds. The number of likely N-dealkylation sites (tertiary alicyclic amines) is 1. The SMILES string of the molecule is CCC1CN(C(C)C2CC2)CC1O. The summed E-state index contributed by atoms with van der Waals surface area (Å²) in [5.41, 5.74) is 0. The summed E-state index contributed by atoms with van der Waals surface area (Å²) in [6.07, 6.45) is 3.87. The highest BCUT2D eigenvalue weighted by Gasteiger charge is 2.38. The molecule has 1 heterocycles. The molecule has 13 heavy (non-hydrogen) atoms. The van der Waals surface area contributed by atoms with Crippen molar-refractivity contribution in [1.29, 1.82) is 0 Å². The average Bonchev–Trinajstić information content (AvgIpc) is 2.89. The molecule has 76 valence electrons. The maximum atomic E-state index is 9.77. The molecule has 0 radical (unpaired) electrons. The first-order valence-corrected chi connectivity index (χ1v) is 5.64. The lowest BCUT2D eigenvalue weighted by Crippen LogP contribution is -2.33. The quantitative estimate of drug-likeness (QED) is 0.716. The topological polar surface area (TPSA) is 23.5 Å². The minimum Gasteiger partial charge on any atom is -0.391 e. The van der Waals surface area contributed by atoms with E-state index in [1.54, 1.807) is 0 Å². The van der Waals surface area contributed by atoms with Crippen molar-refractivity contribution in [2.24, 2.45) is 11.8 Å². The molecule has 3 unspecified atom stereocenters. The molecule has 1 saturated carbocycles. The van der Waals surface area contributed by atoms with E-state index in [1.165, 1.54) is 12.8 Å². The molecule has 0 bridgehead atoms. The molecule has 0 aromatic carbocycles. The second kappa shape index (κ2) is 3.58. The fourth-order valence-electron chi connectivity index (χ4n) is 2.50. The third kappa shape index (κ3) is 1.89. The minimum atomic E-state index is -0.0637. The third-order valence-electron chi connectivity index (χ3n) is 3.84. The van der Waals surface area contributed by atoms with Gasteiger partial charge in [-0.25, -0.2) is 0 Å². The molecular formula is C11H21NO. The number of aliphatic hydroxyl groups excluding tert-OH is 1. The highest BCUT2D eigenvalue weighted by atomic mass is 16.3. The van der Waals surface area contributed by atoms with Crippen LogP contribution in [0.3, 0.4) is 0 Å². The van der Waals surface area contributed by atoms with Gasteiger partial charge in [0, 0.05) is 19.1 Å². The Labute approximate surface area is 80.9 Å². The zero-order valence-corrected chi connectivity index (χ0v) is 8.74. The number of hydrogen-bond acceptors (Lipinski definition) is 2. The lowest BCUT2D eigenvalue weighted by Gasteiger charge is -2.23. The predicted molar refractivity (Wildman–Crippen MR) is 53.5 cm³/mol. The van der Waals surface area contributed by atoms with Gasteiger partial charge in [0.1, 0.15) is 0 Å². The van der Waals surface area contributed by atoms with Gasteiger partial charge in [-0.3, -0.25) is 4.90 Å². The van der Waals surface area contributed by atoms with Crippen molar-refractivity contribution < 1.29 is 5.11 Å². The molecule has 0 aromatic heterocycles. The van der Waals surface area contributed by atoms with Gasteiger partial charge in [-0.15, -0.1) is 0 Å². The first-order chi connectivity index (χ1) is 6.22. The Balaban J connectivity index is 1.88. The number of rotatable bonds is 3. The van der Waals surface area contributed by atoms with Crippen molar-refractivity contribution in [2.45, 2.75) is 45.3 Å².